The van der Waals surface area contributed by atoms with E-state index < -0.39 is 11.9 Å². The Morgan fingerprint density at radius 1 is 1.42 bits per heavy atom. The number of halogens is 1. The number of rotatable bonds is 6. The molecule has 2 heterocycles. The number of carboxylic acids is 1. The Bertz CT molecular complexity index is 644. The molecule has 8 heteroatoms. The van der Waals surface area contributed by atoms with Gasteiger partial charge in [-0.2, -0.15) is 0 Å². The first-order valence-electron chi connectivity index (χ1n) is 8.28. The molecule has 0 radical (unpaired) electrons. The molecule has 1 aliphatic heterocycles. The molecule has 0 bridgehead atoms. The predicted molar refractivity (Wildman–Crippen MR) is 89.3 cm³/mol. The van der Waals surface area contributed by atoms with Gasteiger partial charge in [0.05, 0.1) is 17.1 Å². The van der Waals surface area contributed by atoms with Gasteiger partial charge in [0.2, 0.25) is 5.95 Å². The SMILES string of the molecule is CC(CN(C(=O)c1nc(N2CCCC2)ncc1Cl)C1CC1)C(=O)O. The topological polar surface area (TPSA) is 86.6 Å². The van der Waals surface area contributed by atoms with Gasteiger partial charge >= 0.3 is 5.97 Å². The zero-order chi connectivity index (χ0) is 17.3. The van der Waals surface area contributed by atoms with Crippen molar-refractivity contribution in [1.82, 2.24) is 14.9 Å². The lowest BCUT2D eigenvalue weighted by Crippen LogP contribution is -2.39. The number of carboxylic acid groups (broad SMARTS) is 1. The van der Waals surface area contributed by atoms with E-state index in [0.717, 1.165) is 38.8 Å². The van der Waals surface area contributed by atoms with Gasteiger partial charge in [-0.1, -0.05) is 18.5 Å². The van der Waals surface area contributed by atoms with Crippen LogP contribution in [0.5, 0.6) is 0 Å². The van der Waals surface area contributed by atoms with Crippen molar-refractivity contribution in [3.05, 3.63) is 16.9 Å². The molecule has 130 valence electrons. The van der Waals surface area contributed by atoms with Crippen molar-refractivity contribution < 1.29 is 14.7 Å². The third kappa shape index (κ3) is 3.61. The predicted octanol–water partition coefficient (Wildman–Crippen LogP) is 2.06. The van der Waals surface area contributed by atoms with Crippen LogP contribution in [0.2, 0.25) is 5.02 Å². The Morgan fingerprint density at radius 2 is 2.08 bits per heavy atom. The second-order valence-corrected chi connectivity index (χ2v) is 6.90. The largest absolute Gasteiger partial charge is 0.481 e. The fourth-order valence-corrected chi connectivity index (χ4v) is 3.04. The summed E-state index contributed by atoms with van der Waals surface area (Å²) in [6.07, 6.45) is 5.40. The minimum absolute atomic E-state index is 0.0839. The molecule has 1 aliphatic carbocycles. The van der Waals surface area contributed by atoms with E-state index in [-0.39, 0.29) is 29.2 Å². The van der Waals surface area contributed by atoms with Crippen molar-refractivity contribution in [2.24, 2.45) is 5.92 Å². The second-order valence-electron chi connectivity index (χ2n) is 6.49. The summed E-state index contributed by atoms with van der Waals surface area (Å²) in [7, 11) is 0. The average Bonchev–Trinajstić information content (AvgIpc) is 3.25. The Kier molecular flexibility index (Phi) is 4.89. The molecular formula is C16H21ClN4O3. The number of aliphatic carboxylic acids is 1. The van der Waals surface area contributed by atoms with Gasteiger partial charge in [-0.25, -0.2) is 9.97 Å². The molecule has 1 atom stereocenters. The Hall–Kier alpha value is -1.89. The van der Waals surface area contributed by atoms with E-state index >= 15 is 0 Å². The fourth-order valence-electron chi connectivity index (χ4n) is 2.87. The number of aromatic nitrogens is 2. The highest BCUT2D eigenvalue weighted by atomic mass is 35.5. The van der Waals surface area contributed by atoms with Crippen molar-refractivity contribution in [3.63, 3.8) is 0 Å². The van der Waals surface area contributed by atoms with Gasteiger partial charge in [0, 0.05) is 25.7 Å². The summed E-state index contributed by atoms with van der Waals surface area (Å²) in [4.78, 5) is 36.3. The van der Waals surface area contributed by atoms with Gasteiger partial charge in [-0.15, -0.1) is 0 Å². The summed E-state index contributed by atoms with van der Waals surface area (Å²) in [6.45, 7) is 3.51. The summed E-state index contributed by atoms with van der Waals surface area (Å²) in [6, 6.07) is 0.0839. The van der Waals surface area contributed by atoms with Gasteiger partial charge in [-0.3, -0.25) is 9.59 Å². The molecule has 1 amide bonds. The highest BCUT2D eigenvalue weighted by molar-refractivity contribution is 6.33. The Balaban J connectivity index is 1.83. The van der Waals surface area contributed by atoms with Crippen LogP contribution in [0, 0.1) is 5.92 Å². The number of amides is 1. The van der Waals surface area contributed by atoms with Crippen LogP contribution in [0.3, 0.4) is 0 Å². The number of carbonyl (C=O) groups excluding carboxylic acids is 1. The maximum Gasteiger partial charge on any atom is 0.308 e. The summed E-state index contributed by atoms with van der Waals surface area (Å²) in [5, 5.41) is 9.34. The zero-order valence-corrected chi connectivity index (χ0v) is 14.4. The zero-order valence-electron chi connectivity index (χ0n) is 13.6. The molecule has 1 saturated heterocycles. The first-order valence-corrected chi connectivity index (χ1v) is 8.66. The van der Waals surface area contributed by atoms with E-state index in [9.17, 15) is 9.59 Å². The smallest absolute Gasteiger partial charge is 0.308 e. The first kappa shape index (κ1) is 17.0. The Labute approximate surface area is 145 Å². The van der Waals surface area contributed by atoms with Crippen LogP contribution in [0.15, 0.2) is 6.20 Å². The molecule has 1 aromatic heterocycles. The van der Waals surface area contributed by atoms with E-state index in [1.54, 1.807) is 11.8 Å². The second kappa shape index (κ2) is 6.93. The van der Waals surface area contributed by atoms with Crippen molar-refractivity contribution in [2.75, 3.05) is 24.5 Å². The normalized spacial score (nSPS) is 18.5. The van der Waals surface area contributed by atoms with Crippen molar-refractivity contribution >= 4 is 29.4 Å². The molecular weight excluding hydrogens is 332 g/mol. The van der Waals surface area contributed by atoms with Crippen LogP contribution in [0.4, 0.5) is 5.95 Å². The maximum absolute atomic E-state index is 12.9. The van der Waals surface area contributed by atoms with Gasteiger partial charge in [0.15, 0.2) is 5.69 Å². The van der Waals surface area contributed by atoms with Crippen LogP contribution >= 0.6 is 11.6 Å². The molecule has 1 unspecified atom stereocenters. The minimum Gasteiger partial charge on any atom is -0.481 e. The lowest BCUT2D eigenvalue weighted by Gasteiger charge is -2.25. The molecule has 2 aliphatic rings. The van der Waals surface area contributed by atoms with Crippen LogP contribution in [0.1, 0.15) is 43.1 Å². The summed E-state index contributed by atoms with van der Waals surface area (Å²) >= 11 is 6.16. The molecule has 0 aromatic carbocycles. The van der Waals surface area contributed by atoms with Gasteiger partial charge < -0.3 is 14.9 Å². The summed E-state index contributed by atoms with van der Waals surface area (Å²) in [5.74, 6) is -1.34. The molecule has 2 fully saturated rings. The van der Waals surface area contributed by atoms with E-state index in [0.29, 0.717) is 5.95 Å². The standard InChI is InChI=1S/C16H21ClN4O3/c1-10(15(23)24)9-21(11-4-5-11)14(22)13-12(17)8-18-16(19-13)20-6-2-3-7-20/h8,10-11H,2-7,9H2,1H3,(H,23,24). The monoisotopic (exact) mass is 352 g/mol. The summed E-state index contributed by atoms with van der Waals surface area (Å²) in [5.41, 5.74) is 0.165. The van der Waals surface area contributed by atoms with E-state index in [1.165, 1.54) is 6.20 Å². The van der Waals surface area contributed by atoms with Gasteiger partial charge in [0.25, 0.3) is 5.91 Å². The van der Waals surface area contributed by atoms with Gasteiger partial charge in [0.1, 0.15) is 0 Å². The molecule has 1 aromatic rings. The molecule has 3 rings (SSSR count). The summed E-state index contributed by atoms with van der Waals surface area (Å²) < 4.78 is 0. The van der Waals surface area contributed by atoms with E-state index in [4.69, 9.17) is 16.7 Å². The third-order valence-corrected chi connectivity index (χ3v) is 4.74. The van der Waals surface area contributed by atoms with Crippen LogP contribution in [-0.4, -0.2) is 57.5 Å². The molecule has 1 N–H and O–H groups in total. The van der Waals surface area contributed by atoms with Crippen molar-refractivity contribution in [1.29, 1.82) is 0 Å². The highest BCUT2D eigenvalue weighted by Crippen LogP contribution is 2.30. The van der Waals surface area contributed by atoms with Crippen molar-refractivity contribution in [3.8, 4) is 0 Å². The van der Waals surface area contributed by atoms with E-state index in [1.807, 2.05) is 4.90 Å². The highest BCUT2D eigenvalue weighted by Gasteiger charge is 2.36. The Morgan fingerprint density at radius 3 is 2.67 bits per heavy atom. The maximum atomic E-state index is 12.9. The fraction of sp³-hybridized carbons (Fsp3) is 0.625. The molecule has 7 nitrogen and oxygen atoms in total. The quantitative estimate of drug-likeness (QED) is 0.843. The lowest BCUT2D eigenvalue weighted by molar-refractivity contribution is -0.141. The third-order valence-electron chi connectivity index (χ3n) is 4.46. The first-order chi connectivity index (χ1) is 11.5. The number of nitrogens with zero attached hydrogens (tertiary/aromatic N) is 4. The number of anilines is 1. The molecule has 1 saturated carbocycles. The minimum atomic E-state index is -0.917. The lowest BCUT2D eigenvalue weighted by atomic mass is 10.1. The van der Waals surface area contributed by atoms with Crippen LogP contribution in [-0.2, 0) is 4.79 Å². The van der Waals surface area contributed by atoms with Crippen molar-refractivity contribution in [2.45, 2.75) is 38.6 Å². The van der Waals surface area contributed by atoms with Crippen LogP contribution in [0.25, 0.3) is 0 Å². The van der Waals surface area contributed by atoms with Crippen LogP contribution < -0.4 is 4.90 Å². The number of hydrogen-bond donors (Lipinski definition) is 1. The van der Waals surface area contributed by atoms with E-state index in [2.05, 4.69) is 9.97 Å². The molecule has 24 heavy (non-hydrogen) atoms. The number of carbonyl (C=O) groups is 2. The number of hydrogen-bond acceptors (Lipinski definition) is 5. The van der Waals surface area contributed by atoms with Gasteiger partial charge in [-0.05, 0) is 25.7 Å². The molecule has 0 spiro atoms. The average molecular weight is 353 g/mol.